The van der Waals surface area contributed by atoms with E-state index in [9.17, 15) is 0 Å². The van der Waals surface area contributed by atoms with Crippen molar-refractivity contribution >= 4 is 27.2 Å². The van der Waals surface area contributed by atoms with Gasteiger partial charge in [0.05, 0.1) is 24.3 Å². The van der Waals surface area contributed by atoms with Crippen molar-refractivity contribution in [2.24, 2.45) is 0 Å². The molecule has 4 aromatic rings. The zero-order valence-corrected chi connectivity index (χ0v) is 10.5. The highest BCUT2D eigenvalue weighted by Crippen LogP contribution is 2.35. The molecule has 0 aliphatic rings. The van der Waals surface area contributed by atoms with Crippen molar-refractivity contribution < 1.29 is 4.74 Å². The minimum Gasteiger partial charge on any atom is -0.496 e. The highest BCUT2D eigenvalue weighted by molar-refractivity contribution is 6.15. The van der Waals surface area contributed by atoms with Crippen molar-refractivity contribution in [3.8, 4) is 5.75 Å². The maximum absolute atomic E-state index is 5.53. The Bertz CT molecular complexity index is 908. The number of ether oxygens (including phenoxy) is 1. The summed E-state index contributed by atoms with van der Waals surface area (Å²) in [6.45, 7) is 0. The van der Waals surface area contributed by atoms with Crippen LogP contribution in [-0.4, -0.2) is 16.7 Å². The maximum Gasteiger partial charge on any atom is 0.127 e. The second-order valence-corrected chi connectivity index (χ2v) is 4.53. The largest absolute Gasteiger partial charge is 0.496 e. The lowest BCUT2D eigenvalue weighted by Gasteiger charge is -2.11. The van der Waals surface area contributed by atoms with Gasteiger partial charge in [0.1, 0.15) is 5.75 Å². The molecule has 92 valence electrons. The van der Waals surface area contributed by atoms with Crippen molar-refractivity contribution in [3.05, 3.63) is 54.7 Å². The predicted molar refractivity (Wildman–Crippen MR) is 76.8 cm³/mol. The zero-order valence-electron chi connectivity index (χ0n) is 10.5. The lowest BCUT2D eigenvalue weighted by atomic mass is 10.0. The van der Waals surface area contributed by atoms with Crippen LogP contribution < -0.4 is 4.74 Å². The van der Waals surface area contributed by atoms with Crippen molar-refractivity contribution in [2.45, 2.75) is 0 Å². The molecule has 0 radical (unpaired) electrons. The number of methoxy groups -OCH3 is 1. The molecule has 0 aliphatic carbocycles. The lowest BCUT2D eigenvalue weighted by Crippen LogP contribution is -1.94. The van der Waals surface area contributed by atoms with E-state index in [-0.39, 0.29) is 0 Å². The van der Waals surface area contributed by atoms with Gasteiger partial charge in [0, 0.05) is 16.2 Å². The number of nitrogens with zero attached hydrogens (tertiary/aromatic N) is 2. The number of aromatic nitrogens is 2. The number of rotatable bonds is 1. The predicted octanol–water partition coefficient (Wildman–Crippen LogP) is 3.65. The van der Waals surface area contributed by atoms with Crippen LogP contribution in [0.15, 0.2) is 54.7 Å². The lowest BCUT2D eigenvalue weighted by molar-refractivity contribution is 0.420. The molecule has 0 unspecified atom stereocenters. The van der Waals surface area contributed by atoms with Crippen LogP contribution in [0, 0.1) is 0 Å². The van der Waals surface area contributed by atoms with E-state index < -0.39 is 0 Å². The van der Waals surface area contributed by atoms with Crippen LogP contribution in [0.1, 0.15) is 0 Å². The quantitative estimate of drug-likeness (QED) is 0.481. The van der Waals surface area contributed by atoms with Gasteiger partial charge in [0.2, 0.25) is 0 Å². The summed E-state index contributed by atoms with van der Waals surface area (Å²) in [5.41, 5.74) is 2.20. The first kappa shape index (κ1) is 10.4. The molecular formula is C16H12N2O. The highest BCUT2D eigenvalue weighted by Gasteiger charge is 2.11. The molecule has 2 aromatic carbocycles. The van der Waals surface area contributed by atoms with Gasteiger partial charge in [-0.15, -0.1) is 0 Å². The smallest absolute Gasteiger partial charge is 0.127 e. The van der Waals surface area contributed by atoms with Gasteiger partial charge in [0.25, 0.3) is 0 Å². The molecule has 0 spiro atoms. The summed E-state index contributed by atoms with van der Waals surface area (Å²) in [4.78, 5) is 0. The van der Waals surface area contributed by atoms with Crippen molar-refractivity contribution in [1.29, 1.82) is 0 Å². The molecular weight excluding hydrogens is 236 g/mol. The normalized spacial score (nSPS) is 11.4. The van der Waals surface area contributed by atoms with E-state index in [1.165, 1.54) is 0 Å². The summed E-state index contributed by atoms with van der Waals surface area (Å²) < 4.78 is 7.51. The van der Waals surface area contributed by atoms with Crippen LogP contribution in [-0.2, 0) is 0 Å². The second kappa shape index (κ2) is 3.72. The molecule has 0 saturated heterocycles. The fraction of sp³-hybridized carbons (Fsp3) is 0.0625. The number of benzene rings is 2. The van der Waals surface area contributed by atoms with E-state index in [4.69, 9.17) is 4.74 Å². The van der Waals surface area contributed by atoms with Crippen LogP contribution in [0.3, 0.4) is 0 Å². The van der Waals surface area contributed by atoms with Gasteiger partial charge in [-0.3, -0.25) is 0 Å². The van der Waals surface area contributed by atoms with Crippen molar-refractivity contribution in [3.63, 3.8) is 0 Å². The van der Waals surface area contributed by atoms with Crippen LogP contribution in [0.25, 0.3) is 27.2 Å². The minimum atomic E-state index is 0.900. The van der Waals surface area contributed by atoms with Gasteiger partial charge >= 0.3 is 0 Å². The van der Waals surface area contributed by atoms with Gasteiger partial charge < -0.3 is 4.74 Å². The molecule has 0 amide bonds. The summed E-state index contributed by atoms with van der Waals surface area (Å²) >= 11 is 0. The molecule has 0 bridgehead atoms. The van der Waals surface area contributed by atoms with Gasteiger partial charge in [-0.2, -0.15) is 5.10 Å². The third kappa shape index (κ3) is 1.30. The maximum atomic E-state index is 5.53. The Morgan fingerprint density at radius 3 is 2.47 bits per heavy atom. The SMILES string of the molecule is COc1cccc2c1c1ccccc1n1nccc21. The summed E-state index contributed by atoms with van der Waals surface area (Å²) in [6, 6.07) is 16.4. The first-order valence-corrected chi connectivity index (χ1v) is 6.21. The topological polar surface area (TPSA) is 26.5 Å². The van der Waals surface area contributed by atoms with Gasteiger partial charge in [-0.1, -0.05) is 30.3 Å². The average molecular weight is 248 g/mol. The Labute approximate surface area is 110 Å². The van der Waals surface area contributed by atoms with Crippen molar-refractivity contribution in [2.75, 3.05) is 7.11 Å². The molecule has 0 saturated carbocycles. The van der Waals surface area contributed by atoms with E-state index in [1.54, 1.807) is 7.11 Å². The highest BCUT2D eigenvalue weighted by atomic mass is 16.5. The van der Waals surface area contributed by atoms with E-state index in [0.29, 0.717) is 0 Å². The molecule has 19 heavy (non-hydrogen) atoms. The second-order valence-electron chi connectivity index (χ2n) is 4.53. The molecule has 0 atom stereocenters. The van der Waals surface area contributed by atoms with Crippen LogP contribution in [0.4, 0.5) is 0 Å². The van der Waals surface area contributed by atoms with Crippen molar-refractivity contribution in [1.82, 2.24) is 9.61 Å². The summed E-state index contributed by atoms with van der Waals surface area (Å²) in [7, 11) is 1.71. The van der Waals surface area contributed by atoms with Crippen LogP contribution >= 0.6 is 0 Å². The summed E-state index contributed by atoms with van der Waals surface area (Å²) in [5.74, 6) is 0.900. The number of para-hydroxylation sites is 1. The molecule has 0 fully saturated rings. The Morgan fingerprint density at radius 1 is 0.895 bits per heavy atom. The molecule has 0 aliphatic heterocycles. The van der Waals surface area contributed by atoms with E-state index in [2.05, 4.69) is 23.3 Å². The number of hydrogen-bond donors (Lipinski definition) is 0. The Balaban J connectivity index is 2.43. The zero-order chi connectivity index (χ0) is 12.8. The molecule has 3 heteroatoms. The number of fused-ring (bicyclic) bond motifs is 6. The standard InChI is InChI=1S/C16H12N2O/c1-19-15-8-4-6-12-14-9-10-17-18(14)13-7-3-2-5-11(13)16(12)15/h2-10H,1H3. The number of pyridine rings is 1. The molecule has 0 N–H and O–H groups in total. The minimum absolute atomic E-state index is 0.900. The Hall–Kier alpha value is -2.55. The number of hydrogen-bond acceptors (Lipinski definition) is 2. The first-order valence-electron chi connectivity index (χ1n) is 6.21. The van der Waals surface area contributed by atoms with Crippen LogP contribution in [0.5, 0.6) is 5.75 Å². The first-order chi connectivity index (χ1) is 9.40. The average Bonchev–Trinajstić information content (AvgIpc) is 2.96. The van der Waals surface area contributed by atoms with E-state index >= 15 is 0 Å². The van der Waals surface area contributed by atoms with Gasteiger partial charge in [0.15, 0.2) is 0 Å². The van der Waals surface area contributed by atoms with E-state index in [1.807, 2.05) is 41.0 Å². The van der Waals surface area contributed by atoms with Gasteiger partial charge in [-0.25, -0.2) is 4.52 Å². The molecule has 2 aromatic heterocycles. The Kier molecular flexibility index (Phi) is 2.03. The summed E-state index contributed by atoms with van der Waals surface area (Å²) in [6.07, 6.45) is 1.83. The third-order valence-corrected chi connectivity index (χ3v) is 3.57. The van der Waals surface area contributed by atoms with E-state index in [0.717, 1.165) is 32.9 Å². The Morgan fingerprint density at radius 2 is 1.63 bits per heavy atom. The molecule has 3 nitrogen and oxygen atoms in total. The monoisotopic (exact) mass is 248 g/mol. The van der Waals surface area contributed by atoms with Crippen LogP contribution in [0.2, 0.25) is 0 Å². The fourth-order valence-corrected chi connectivity index (χ4v) is 2.76. The molecule has 2 heterocycles. The summed E-state index contributed by atoms with van der Waals surface area (Å²) in [5, 5.41) is 7.90. The molecule has 4 rings (SSSR count). The third-order valence-electron chi connectivity index (χ3n) is 3.57. The fourth-order valence-electron chi connectivity index (χ4n) is 2.76. The van der Waals surface area contributed by atoms with Gasteiger partial charge in [-0.05, 0) is 18.2 Å².